The summed E-state index contributed by atoms with van der Waals surface area (Å²) in [5, 5.41) is 8.07. The summed E-state index contributed by atoms with van der Waals surface area (Å²) in [6.45, 7) is 4.91. The van der Waals surface area contributed by atoms with Gasteiger partial charge >= 0.3 is 0 Å². The molecule has 5 N–H and O–H groups in total. The zero-order valence-corrected chi connectivity index (χ0v) is 15.5. The van der Waals surface area contributed by atoms with Crippen molar-refractivity contribution in [3.8, 4) is 0 Å². The van der Waals surface area contributed by atoms with Crippen molar-refractivity contribution in [3.63, 3.8) is 0 Å². The van der Waals surface area contributed by atoms with Gasteiger partial charge in [-0.15, -0.1) is 0 Å². The van der Waals surface area contributed by atoms with Crippen LogP contribution < -0.4 is 16.8 Å². The second kappa shape index (κ2) is 6.13. The van der Waals surface area contributed by atoms with E-state index in [4.69, 9.17) is 11.5 Å². The summed E-state index contributed by atoms with van der Waals surface area (Å²) in [5.41, 5.74) is 17.0. The van der Waals surface area contributed by atoms with Crippen LogP contribution in [0, 0.1) is 0 Å². The summed E-state index contributed by atoms with van der Waals surface area (Å²) < 4.78 is 1.44. The highest BCUT2D eigenvalue weighted by Crippen LogP contribution is 2.41. The minimum atomic E-state index is -0.642. The Morgan fingerprint density at radius 1 is 1.46 bits per heavy atom. The van der Waals surface area contributed by atoms with Gasteiger partial charge in [0.2, 0.25) is 0 Å². The van der Waals surface area contributed by atoms with Gasteiger partial charge in [0.1, 0.15) is 5.82 Å². The van der Waals surface area contributed by atoms with E-state index < -0.39 is 5.41 Å². The van der Waals surface area contributed by atoms with Gasteiger partial charge < -0.3 is 16.8 Å². The third-order valence-electron chi connectivity index (χ3n) is 6.04. The van der Waals surface area contributed by atoms with Crippen LogP contribution in [0.3, 0.4) is 0 Å². The van der Waals surface area contributed by atoms with Crippen LogP contribution in [0.25, 0.3) is 0 Å². The first-order valence-electron chi connectivity index (χ1n) is 9.48. The molecule has 6 heteroatoms. The first-order chi connectivity index (χ1) is 12.5. The highest BCUT2D eigenvalue weighted by molar-refractivity contribution is 5.94. The average Bonchev–Trinajstić information content (AvgIpc) is 2.97. The van der Waals surface area contributed by atoms with Gasteiger partial charge in [0, 0.05) is 23.8 Å². The van der Waals surface area contributed by atoms with Crippen molar-refractivity contribution in [1.82, 2.24) is 9.78 Å². The van der Waals surface area contributed by atoms with Crippen LogP contribution in [0.2, 0.25) is 0 Å². The summed E-state index contributed by atoms with van der Waals surface area (Å²) in [7, 11) is 0. The lowest BCUT2D eigenvalue weighted by Crippen LogP contribution is -2.42. The van der Waals surface area contributed by atoms with E-state index in [0.717, 1.165) is 54.7 Å². The van der Waals surface area contributed by atoms with Gasteiger partial charge in [-0.3, -0.25) is 4.79 Å². The van der Waals surface area contributed by atoms with E-state index in [1.165, 1.54) is 10.2 Å². The van der Waals surface area contributed by atoms with Gasteiger partial charge in [-0.2, -0.15) is 9.78 Å². The maximum atomic E-state index is 13.6. The second-order valence-electron chi connectivity index (χ2n) is 7.73. The van der Waals surface area contributed by atoms with Crippen molar-refractivity contribution in [3.05, 3.63) is 40.6 Å². The molecule has 2 aromatic rings. The Kier molecular flexibility index (Phi) is 4.03. The molecule has 138 valence electrons. The molecule has 1 aliphatic heterocycles. The standard InChI is InChI=1S/C20H27N5O/c1-3-12-5-4-6-15-17(12)23-10-9-20(15,2)19(26)25-18(22)14-11-13(21)7-8-16(14)24-25/h4-6,13,23H,3,7-11,21-22H2,1-2H3. The quantitative estimate of drug-likeness (QED) is 0.769. The average molecular weight is 353 g/mol. The van der Waals surface area contributed by atoms with Gasteiger partial charge in [0.05, 0.1) is 11.1 Å². The Morgan fingerprint density at radius 2 is 2.27 bits per heavy atom. The highest BCUT2D eigenvalue weighted by atomic mass is 16.2. The zero-order chi connectivity index (χ0) is 18.5. The Balaban J connectivity index is 1.79. The molecule has 1 aromatic heterocycles. The molecule has 0 saturated carbocycles. The number of hydrogen-bond donors (Lipinski definition) is 3. The molecule has 0 saturated heterocycles. The van der Waals surface area contributed by atoms with Crippen LogP contribution in [0.1, 0.15) is 53.9 Å². The number of nitrogens with zero attached hydrogens (tertiary/aromatic N) is 2. The van der Waals surface area contributed by atoms with Crippen LogP contribution in [0.4, 0.5) is 11.5 Å². The van der Waals surface area contributed by atoms with Crippen LogP contribution >= 0.6 is 0 Å². The van der Waals surface area contributed by atoms with E-state index in [-0.39, 0.29) is 11.9 Å². The number of carbonyl (C=O) groups excluding carboxylic acids is 1. The maximum Gasteiger partial charge on any atom is 0.259 e. The maximum absolute atomic E-state index is 13.6. The SMILES string of the molecule is CCc1cccc2c1NCCC2(C)C(=O)n1nc2c(c1N)CC(N)CC2. The predicted octanol–water partition coefficient (Wildman–Crippen LogP) is 2.26. The molecule has 2 aliphatic rings. The zero-order valence-electron chi connectivity index (χ0n) is 15.5. The smallest absolute Gasteiger partial charge is 0.259 e. The number of nitrogen functional groups attached to an aromatic ring is 1. The van der Waals surface area contributed by atoms with E-state index in [1.54, 1.807) is 0 Å². The van der Waals surface area contributed by atoms with E-state index in [2.05, 4.69) is 23.4 Å². The third kappa shape index (κ3) is 2.43. The molecule has 26 heavy (non-hydrogen) atoms. The molecule has 1 aromatic carbocycles. The van der Waals surface area contributed by atoms with Gasteiger partial charge in [-0.1, -0.05) is 25.1 Å². The van der Waals surface area contributed by atoms with Gasteiger partial charge in [0.15, 0.2) is 0 Å². The van der Waals surface area contributed by atoms with Crippen molar-refractivity contribution in [2.45, 2.75) is 57.4 Å². The summed E-state index contributed by atoms with van der Waals surface area (Å²) in [6.07, 6.45) is 4.02. The Morgan fingerprint density at radius 3 is 3.04 bits per heavy atom. The van der Waals surface area contributed by atoms with Gasteiger partial charge in [-0.05, 0) is 50.2 Å². The van der Waals surface area contributed by atoms with E-state index in [1.807, 2.05) is 19.1 Å². The number of aryl methyl sites for hydroxylation is 2. The predicted molar refractivity (Wildman–Crippen MR) is 104 cm³/mol. The summed E-state index contributed by atoms with van der Waals surface area (Å²) in [4.78, 5) is 13.6. The van der Waals surface area contributed by atoms with Gasteiger partial charge in [-0.25, -0.2) is 0 Å². The molecule has 2 atom stereocenters. The Hall–Kier alpha value is -2.34. The van der Waals surface area contributed by atoms with Crippen molar-refractivity contribution < 1.29 is 4.79 Å². The number of para-hydroxylation sites is 1. The third-order valence-corrected chi connectivity index (χ3v) is 6.04. The van der Waals surface area contributed by atoms with Crippen LogP contribution in [0.15, 0.2) is 18.2 Å². The monoisotopic (exact) mass is 353 g/mol. The Labute approximate surface area is 153 Å². The van der Waals surface area contributed by atoms with Crippen molar-refractivity contribution in [1.29, 1.82) is 0 Å². The van der Waals surface area contributed by atoms with Crippen molar-refractivity contribution in [2.24, 2.45) is 5.73 Å². The van der Waals surface area contributed by atoms with Gasteiger partial charge in [0.25, 0.3) is 5.91 Å². The molecule has 1 aliphatic carbocycles. The largest absolute Gasteiger partial charge is 0.385 e. The number of fused-ring (bicyclic) bond motifs is 2. The summed E-state index contributed by atoms with van der Waals surface area (Å²) in [5.74, 6) is 0.419. The molecule has 0 radical (unpaired) electrons. The van der Waals surface area contributed by atoms with E-state index in [0.29, 0.717) is 12.2 Å². The lowest BCUT2D eigenvalue weighted by Gasteiger charge is -2.36. The lowest BCUT2D eigenvalue weighted by atomic mass is 9.74. The fourth-order valence-corrected chi connectivity index (χ4v) is 4.37. The molecule has 0 spiro atoms. The summed E-state index contributed by atoms with van der Waals surface area (Å²) >= 11 is 0. The molecule has 6 nitrogen and oxygen atoms in total. The molecular weight excluding hydrogens is 326 g/mol. The van der Waals surface area contributed by atoms with Crippen molar-refractivity contribution in [2.75, 3.05) is 17.6 Å². The number of nitrogens with two attached hydrogens (primary N) is 2. The number of benzene rings is 1. The molecule has 2 unspecified atom stereocenters. The first-order valence-corrected chi connectivity index (χ1v) is 9.48. The number of nitrogens with one attached hydrogen (secondary N) is 1. The molecule has 4 rings (SSSR count). The number of anilines is 2. The molecule has 0 bridgehead atoms. The number of hydrogen-bond acceptors (Lipinski definition) is 5. The molecule has 0 amide bonds. The topological polar surface area (TPSA) is 99.0 Å². The number of aromatic nitrogens is 2. The summed E-state index contributed by atoms with van der Waals surface area (Å²) in [6, 6.07) is 6.30. The fraction of sp³-hybridized carbons (Fsp3) is 0.500. The fourth-order valence-electron chi connectivity index (χ4n) is 4.37. The number of rotatable bonds is 2. The van der Waals surface area contributed by atoms with Crippen molar-refractivity contribution >= 4 is 17.4 Å². The lowest BCUT2D eigenvalue weighted by molar-refractivity contribution is 0.0785. The molecule has 0 fully saturated rings. The second-order valence-corrected chi connectivity index (χ2v) is 7.73. The normalized spacial score (nSPS) is 24.5. The Bertz CT molecular complexity index is 871. The molecular formula is C20H27N5O. The van der Waals surface area contributed by atoms with E-state index in [9.17, 15) is 4.79 Å². The first kappa shape index (κ1) is 17.1. The van der Waals surface area contributed by atoms with Crippen LogP contribution in [-0.4, -0.2) is 28.3 Å². The highest BCUT2D eigenvalue weighted by Gasteiger charge is 2.42. The van der Waals surface area contributed by atoms with Crippen LogP contribution in [-0.2, 0) is 24.7 Å². The minimum absolute atomic E-state index is 0.0472. The van der Waals surface area contributed by atoms with E-state index >= 15 is 0 Å². The minimum Gasteiger partial charge on any atom is -0.385 e. The van der Waals surface area contributed by atoms with Crippen LogP contribution in [0.5, 0.6) is 0 Å². The number of carbonyl (C=O) groups is 1. The molecule has 2 heterocycles.